The summed E-state index contributed by atoms with van der Waals surface area (Å²) in [7, 11) is -2.63. The number of para-hydroxylation sites is 1. The molecule has 0 bridgehead atoms. The number of methoxy groups -OCH3 is 1. The van der Waals surface area contributed by atoms with E-state index in [0.29, 0.717) is 11.5 Å². The normalized spacial score (nSPS) is 10.9. The van der Waals surface area contributed by atoms with E-state index in [1.165, 1.54) is 37.4 Å². The minimum atomic E-state index is -3.90. The van der Waals surface area contributed by atoms with Crippen molar-refractivity contribution >= 4 is 21.7 Å². The molecular weight excluding hydrogens is 466 g/mol. The number of ether oxygens (including phenoxy) is 3. The molecule has 0 aromatic heterocycles. The van der Waals surface area contributed by atoms with Gasteiger partial charge in [0, 0.05) is 6.07 Å². The molecule has 0 heterocycles. The Kier molecular flexibility index (Phi) is 7.32. The number of hydrogen-bond donors (Lipinski definition) is 1. The third-order valence-electron chi connectivity index (χ3n) is 4.99. The summed E-state index contributed by atoms with van der Waals surface area (Å²) in [5, 5.41) is 0. The van der Waals surface area contributed by atoms with Crippen LogP contribution in [0.3, 0.4) is 0 Å². The fourth-order valence-corrected chi connectivity index (χ4v) is 4.29. The predicted molar refractivity (Wildman–Crippen MR) is 132 cm³/mol. The van der Waals surface area contributed by atoms with Crippen molar-refractivity contribution in [2.45, 2.75) is 11.5 Å². The van der Waals surface area contributed by atoms with Gasteiger partial charge in [-0.05, 0) is 54.1 Å². The van der Waals surface area contributed by atoms with Crippen LogP contribution in [0.2, 0.25) is 0 Å². The van der Waals surface area contributed by atoms with Crippen LogP contribution in [0.4, 0.5) is 5.69 Å². The molecule has 0 spiro atoms. The summed E-state index contributed by atoms with van der Waals surface area (Å²) in [4.78, 5) is 12.2. The Hall–Kier alpha value is -4.30. The highest BCUT2D eigenvalue weighted by Crippen LogP contribution is 2.28. The number of carbonyl (C=O) groups excluding carboxylic acids is 1. The van der Waals surface area contributed by atoms with E-state index < -0.39 is 16.0 Å². The molecule has 0 saturated carbocycles. The summed E-state index contributed by atoms with van der Waals surface area (Å²) < 4.78 is 44.8. The maximum Gasteiger partial charge on any atom is 0.341 e. The molecule has 178 valence electrons. The van der Waals surface area contributed by atoms with Crippen LogP contribution in [0.15, 0.2) is 108 Å². The van der Waals surface area contributed by atoms with Crippen molar-refractivity contribution in [3.05, 3.63) is 114 Å². The first-order valence-electron chi connectivity index (χ1n) is 10.7. The van der Waals surface area contributed by atoms with Gasteiger partial charge in [-0.3, -0.25) is 4.72 Å². The van der Waals surface area contributed by atoms with Crippen molar-refractivity contribution in [1.29, 1.82) is 0 Å². The zero-order valence-electron chi connectivity index (χ0n) is 18.9. The summed E-state index contributed by atoms with van der Waals surface area (Å²) in [5.74, 6) is 0.771. The number of sulfonamides is 1. The molecule has 0 radical (unpaired) electrons. The topological polar surface area (TPSA) is 90.9 Å². The van der Waals surface area contributed by atoms with E-state index in [1.54, 1.807) is 12.1 Å². The lowest BCUT2D eigenvalue weighted by Crippen LogP contribution is -2.13. The Bertz CT molecular complexity index is 1390. The van der Waals surface area contributed by atoms with Gasteiger partial charge in [-0.15, -0.1) is 0 Å². The number of carbonyl (C=O) groups is 1. The third kappa shape index (κ3) is 6.18. The Morgan fingerprint density at radius 3 is 2.09 bits per heavy atom. The molecule has 4 aromatic carbocycles. The fourth-order valence-electron chi connectivity index (χ4n) is 3.24. The minimum Gasteiger partial charge on any atom is -0.488 e. The lowest BCUT2D eigenvalue weighted by molar-refractivity contribution is 0.0595. The third-order valence-corrected chi connectivity index (χ3v) is 6.39. The first-order valence-corrected chi connectivity index (χ1v) is 12.2. The molecule has 0 saturated heterocycles. The maximum absolute atomic E-state index is 13.0. The summed E-state index contributed by atoms with van der Waals surface area (Å²) in [6.45, 7) is 0.198. The number of hydrogen-bond acceptors (Lipinski definition) is 6. The second-order valence-electron chi connectivity index (χ2n) is 7.47. The lowest BCUT2D eigenvalue weighted by Gasteiger charge is -2.14. The highest BCUT2D eigenvalue weighted by Gasteiger charge is 2.18. The Balaban J connectivity index is 1.52. The van der Waals surface area contributed by atoms with Crippen LogP contribution >= 0.6 is 0 Å². The highest BCUT2D eigenvalue weighted by atomic mass is 32.2. The Labute approximate surface area is 204 Å². The van der Waals surface area contributed by atoms with Crippen molar-refractivity contribution < 1.29 is 27.4 Å². The minimum absolute atomic E-state index is 0.0571. The van der Waals surface area contributed by atoms with Crippen molar-refractivity contribution in [2.75, 3.05) is 11.8 Å². The highest BCUT2D eigenvalue weighted by molar-refractivity contribution is 7.92. The first kappa shape index (κ1) is 23.8. The summed E-state index contributed by atoms with van der Waals surface area (Å²) >= 11 is 0. The number of rotatable bonds is 9. The molecule has 8 heteroatoms. The fraction of sp³-hybridized carbons (Fsp3) is 0.0741. The second-order valence-corrected chi connectivity index (χ2v) is 9.15. The Morgan fingerprint density at radius 1 is 0.800 bits per heavy atom. The van der Waals surface area contributed by atoms with Crippen LogP contribution in [0, 0.1) is 0 Å². The quantitative estimate of drug-likeness (QED) is 0.306. The van der Waals surface area contributed by atoms with Gasteiger partial charge in [0.1, 0.15) is 29.4 Å². The van der Waals surface area contributed by atoms with Crippen LogP contribution in [0.5, 0.6) is 17.2 Å². The van der Waals surface area contributed by atoms with Gasteiger partial charge in [0.15, 0.2) is 0 Å². The maximum atomic E-state index is 13.0. The summed E-state index contributed by atoms with van der Waals surface area (Å²) in [6, 6.07) is 29.1. The van der Waals surface area contributed by atoms with E-state index in [1.807, 2.05) is 60.7 Å². The van der Waals surface area contributed by atoms with Crippen LogP contribution < -0.4 is 14.2 Å². The molecule has 4 aromatic rings. The van der Waals surface area contributed by atoms with Crippen LogP contribution in [0.1, 0.15) is 15.9 Å². The largest absolute Gasteiger partial charge is 0.488 e. The van der Waals surface area contributed by atoms with Gasteiger partial charge in [0.25, 0.3) is 10.0 Å². The van der Waals surface area contributed by atoms with Crippen molar-refractivity contribution in [3.8, 4) is 17.2 Å². The van der Waals surface area contributed by atoms with Crippen LogP contribution in [-0.4, -0.2) is 21.5 Å². The molecule has 0 aliphatic heterocycles. The number of nitrogens with one attached hydrogen (secondary N) is 1. The second kappa shape index (κ2) is 10.8. The first-order chi connectivity index (χ1) is 16.9. The number of anilines is 1. The van der Waals surface area contributed by atoms with E-state index >= 15 is 0 Å². The van der Waals surface area contributed by atoms with E-state index in [2.05, 4.69) is 4.72 Å². The molecule has 35 heavy (non-hydrogen) atoms. The SMILES string of the molecule is COC(=O)c1ccc(NS(=O)(=O)c2ccc(Oc3ccccc3)cc2)cc1OCc1ccccc1. The molecule has 0 amide bonds. The smallest absolute Gasteiger partial charge is 0.341 e. The molecular formula is C27H23NO6S. The van der Waals surface area contributed by atoms with E-state index in [9.17, 15) is 13.2 Å². The van der Waals surface area contributed by atoms with E-state index in [0.717, 1.165) is 5.56 Å². The molecule has 0 aliphatic rings. The molecule has 1 N–H and O–H groups in total. The van der Waals surface area contributed by atoms with Crippen LogP contribution in [0.25, 0.3) is 0 Å². The van der Waals surface area contributed by atoms with E-state index in [4.69, 9.17) is 14.2 Å². The molecule has 0 unspecified atom stereocenters. The standard InChI is InChI=1S/C27H23NO6S/c1-32-27(29)25-17-12-21(18-26(25)33-19-20-8-4-2-5-9-20)28-35(30,31)24-15-13-23(14-16-24)34-22-10-6-3-7-11-22/h2-18,28H,19H2,1H3. The van der Waals surface area contributed by atoms with Crippen molar-refractivity contribution in [3.63, 3.8) is 0 Å². The van der Waals surface area contributed by atoms with Gasteiger partial charge in [-0.1, -0.05) is 48.5 Å². The van der Waals surface area contributed by atoms with Gasteiger partial charge in [0.2, 0.25) is 0 Å². The number of esters is 1. The van der Waals surface area contributed by atoms with Crippen molar-refractivity contribution in [2.24, 2.45) is 0 Å². The van der Waals surface area contributed by atoms with Crippen LogP contribution in [-0.2, 0) is 21.4 Å². The van der Waals surface area contributed by atoms with Gasteiger partial charge in [0.05, 0.1) is 17.7 Å². The molecule has 0 aliphatic carbocycles. The Morgan fingerprint density at radius 2 is 1.43 bits per heavy atom. The predicted octanol–water partition coefficient (Wildman–Crippen LogP) is 5.65. The number of benzene rings is 4. The monoisotopic (exact) mass is 489 g/mol. The van der Waals surface area contributed by atoms with E-state index in [-0.39, 0.29) is 28.5 Å². The van der Waals surface area contributed by atoms with Gasteiger partial charge >= 0.3 is 5.97 Å². The lowest BCUT2D eigenvalue weighted by atomic mass is 10.2. The molecule has 7 nitrogen and oxygen atoms in total. The average molecular weight is 490 g/mol. The molecule has 0 atom stereocenters. The summed E-state index contributed by atoms with van der Waals surface area (Å²) in [5.41, 5.74) is 1.33. The molecule has 4 rings (SSSR count). The molecule has 0 fully saturated rings. The zero-order valence-corrected chi connectivity index (χ0v) is 19.7. The van der Waals surface area contributed by atoms with Gasteiger partial charge < -0.3 is 14.2 Å². The van der Waals surface area contributed by atoms with Gasteiger partial charge in [-0.25, -0.2) is 13.2 Å². The zero-order chi connectivity index (χ0) is 24.7. The van der Waals surface area contributed by atoms with Crippen molar-refractivity contribution in [1.82, 2.24) is 0 Å². The van der Waals surface area contributed by atoms with Gasteiger partial charge in [-0.2, -0.15) is 0 Å². The summed E-state index contributed by atoms with van der Waals surface area (Å²) in [6.07, 6.45) is 0. The average Bonchev–Trinajstić information content (AvgIpc) is 2.88.